The van der Waals surface area contributed by atoms with E-state index < -0.39 is 0 Å². The summed E-state index contributed by atoms with van der Waals surface area (Å²) < 4.78 is 0. The topological polar surface area (TPSA) is 12.9 Å². The van der Waals surface area contributed by atoms with Crippen LogP contribution in [0.4, 0.5) is 0 Å². The highest BCUT2D eigenvalue weighted by Gasteiger charge is 1.84. The Morgan fingerprint density at radius 2 is 2.00 bits per heavy atom. The highest BCUT2D eigenvalue weighted by atomic mass is 14.6. The Labute approximate surface area is 67.5 Å². The summed E-state index contributed by atoms with van der Waals surface area (Å²) in [7, 11) is 0. The van der Waals surface area contributed by atoms with Gasteiger partial charge in [-0.2, -0.15) is 0 Å². The molecule has 0 bridgehead atoms. The van der Waals surface area contributed by atoms with E-state index in [0.717, 1.165) is 12.8 Å². The maximum Gasteiger partial charge on any atom is 0.0341 e. The predicted molar refractivity (Wildman–Crippen MR) is 46.0 cm³/mol. The van der Waals surface area contributed by atoms with Crippen LogP contribution in [0.2, 0.25) is 0 Å². The number of hydrogen-bond acceptors (Lipinski definition) is 1. The molecule has 0 aliphatic heterocycles. The zero-order valence-corrected chi connectivity index (χ0v) is 6.67. The van der Waals surface area contributed by atoms with Crippen LogP contribution >= 0.6 is 0 Å². The average Bonchev–Trinajstić information content (AvgIpc) is 2.07. The Morgan fingerprint density at radius 3 is 2.64 bits per heavy atom. The van der Waals surface area contributed by atoms with Gasteiger partial charge in [-0.05, 0) is 17.7 Å². The van der Waals surface area contributed by atoms with Gasteiger partial charge >= 0.3 is 0 Å². The Bertz CT molecular complexity index is 253. The van der Waals surface area contributed by atoms with Gasteiger partial charge in [0.2, 0.25) is 0 Å². The van der Waals surface area contributed by atoms with Crippen LogP contribution in [0, 0.1) is 11.8 Å². The zero-order valence-electron chi connectivity index (χ0n) is 6.67. The monoisotopic (exact) mass is 145 g/mol. The molecule has 1 heterocycles. The second-order valence-electron chi connectivity index (χ2n) is 2.24. The lowest BCUT2D eigenvalue weighted by Crippen LogP contribution is -1.80. The van der Waals surface area contributed by atoms with Crippen LogP contribution in [-0.4, -0.2) is 4.98 Å². The lowest BCUT2D eigenvalue weighted by atomic mass is 10.2. The molecule has 0 aromatic carbocycles. The molecular formula is C10H11N. The molecule has 0 unspecified atom stereocenters. The molecule has 0 spiro atoms. The maximum absolute atomic E-state index is 3.93. The second kappa shape index (κ2) is 4.51. The minimum atomic E-state index is 0.844. The van der Waals surface area contributed by atoms with Crippen molar-refractivity contribution in [3.05, 3.63) is 30.1 Å². The fourth-order valence-electron chi connectivity index (χ4n) is 0.790. The smallest absolute Gasteiger partial charge is 0.0341 e. The van der Waals surface area contributed by atoms with Crippen LogP contribution < -0.4 is 0 Å². The lowest BCUT2D eigenvalue weighted by molar-refractivity contribution is 1.22. The molecule has 0 aliphatic rings. The van der Waals surface area contributed by atoms with Gasteiger partial charge in [0, 0.05) is 25.2 Å². The van der Waals surface area contributed by atoms with Gasteiger partial charge in [0.05, 0.1) is 0 Å². The normalized spacial score (nSPS) is 8.45. The number of pyridine rings is 1. The second-order valence-corrected chi connectivity index (χ2v) is 2.24. The van der Waals surface area contributed by atoms with Crippen molar-refractivity contribution in [2.75, 3.05) is 0 Å². The molecule has 0 amide bonds. The van der Waals surface area contributed by atoms with Crippen LogP contribution in [0.5, 0.6) is 0 Å². The Kier molecular flexibility index (Phi) is 3.21. The van der Waals surface area contributed by atoms with Crippen molar-refractivity contribution in [2.24, 2.45) is 0 Å². The van der Waals surface area contributed by atoms with Gasteiger partial charge in [0.15, 0.2) is 0 Å². The molecule has 56 valence electrons. The van der Waals surface area contributed by atoms with Crippen molar-refractivity contribution in [2.45, 2.75) is 19.8 Å². The van der Waals surface area contributed by atoms with Crippen molar-refractivity contribution < 1.29 is 0 Å². The van der Waals surface area contributed by atoms with Crippen molar-refractivity contribution in [3.8, 4) is 11.8 Å². The molecule has 1 nitrogen and oxygen atoms in total. The van der Waals surface area contributed by atoms with E-state index in [9.17, 15) is 0 Å². The SMILES string of the molecule is CCC#CCc1ccncc1. The van der Waals surface area contributed by atoms with Crippen LogP contribution in [0.25, 0.3) is 0 Å². The fraction of sp³-hybridized carbons (Fsp3) is 0.300. The third-order valence-corrected chi connectivity index (χ3v) is 1.34. The van der Waals surface area contributed by atoms with Gasteiger partial charge in [-0.25, -0.2) is 0 Å². The highest BCUT2D eigenvalue weighted by molar-refractivity contribution is 5.17. The van der Waals surface area contributed by atoms with Crippen LogP contribution in [-0.2, 0) is 6.42 Å². The molecule has 0 radical (unpaired) electrons. The Balaban J connectivity index is 2.52. The minimum Gasteiger partial charge on any atom is -0.265 e. The Hall–Kier alpha value is -1.29. The van der Waals surface area contributed by atoms with Gasteiger partial charge in [-0.1, -0.05) is 12.8 Å². The first-order chi connectivity index (χ1) is 5.43. The number of nitrogens with zero attached hydrogens (tertiary/aromatic N) is 1. The fourth-order valence-corrected chi connectivity index (χ4v) is 0.790. The first kappa shape index (κ1) is 7.81. The Morgan fingerprint density at radius 1 is 1.27 bits per heavy atom. The van der Waals surface area contributed by atoms with Crippen molar-refractivity contribution in [1.82, 2.24) is 4.98 Å². The summed E-state index contributed by atoms with van der Waals surface area (Å²) in [6.07, 6.45) is 5.37. The number of aromatic nitrogens is 1. The van der Waals surface area contributed by atoms with Gasteiger partial charge in [-0.3, -0.25) is 4.98 Å². The molecule has 1 rings (SSSR count). The first-order valence-electron chi connectivity index (χ1n) is 3.78. The summed E-state index contributed by atoms with van der Waals surface area (Å²) in [5, 5.41) is 0. The van der Waals surface area contributed by atoms with E-state index in [1.165, 1.54) is 5.56 Å². The standard InChI is InChI=1S/C10H11N/c1-2-3-4-5-10-6-8-11-9-7-10/h6-9H,2,5H2,1H3. The third-order valence-electron chi connectivity index (χ3n) is 1.34. The first-order valence-corrected chi connectivity index (χ1v) is 3.78. The van der Waals surface area contributed by atoms with Gasteiger partial charge in [-0.15, -0.1) is 5.92 Å². The number of hydrogen-bond donors (Lipinski definition) is 0. The van der Waals surface area contributed by atoms with Crippen LogP contribution in [0.15, 0.2) is 24.5 Å². The molecule has 11 heavy (non-hydrogen) atoms. The minimum absolute atomic E-state index is 0.844. The molecule has 0 N–H and O–H groups in total. The quantitative estimate of drug-likeness (QED) is 0.551. The summed E-state index contributed by atoms with van der Waals surface area (Å²) >= 11 is 0. The van der Waals surface area contributed by atoms with E-state index in [1.54, 1.807) is 12.4 Å². The van der Waals surface area contributed by atoms with Crippen LogP contribution in [0.3, 0.4) is 0 Å². The molecule has 0 saturated heterocycles. The number of rotatable bonds is 1. The van der Waals surface area contributed by atoms with E-state index in [0.29, 0.717) is 0 Å². The highest BCUT2D eigenvalue weighted by Crippen LogP contribution is 1.95. The maximum atomic E-state index is 3.93. The summed E-state index contributed by atoms with van der Waals surface area (Å²) in [5.74, 6) is 6.10. The molecule has 0 fully saturated rings. The molecular weight excluding hydrogens is 134 g/mol. The molecule has 0 aliphatic carbocycles. The van der Waals surface area contributed by atoms with E-state index in [4.69, 9.17) is 0 Å². The molecule has 1 heteroatoms. The van der Waals surface area contributed by atoms with E-state index in [2.05, 4.69) is 23.7 Å². The summed E-state index contributed by atoms with van der Waals surface area (Å²) in [5.41, 5.74) is 1.24. The predicted octanol–water partition coefficient (Wildman–Crippen LogP) is 2.04. The van der Waals surface area contributed by atoms with Crippen molar-refractivity contribution >= 4 is 0 Å². The molecule has 1 aromatic rings. The van der Waals surface area contributed by atoms with Crippen molar-refractivity contribution in [3.63, 3.8) is 0 Å². The summed E-state index contributed by atoms with van der Waals surface area (Å²) in [6.45, 7) is 2.06. The van der Waals surface area contributed by atoms with E-state index in [-0.39, 0.29) is 0 Å². The summed E-state index contributed by atoms with van der Waals surface area (Å²) in [6, 6.07) is 3.98. The average molecular weight is 145 g/mol. The van der Waals surface area contributed by atoms with Crippen LogP contribution in [0.1, 0.15) is 18.9 Å². The summed E-state index contributed by atoms with van der Waals surface area (Å²) in [4.78, 5) is 3.93. The third kappa shape index (κ3) is 2.86. The van der Waals surface area contributed by atoms with Gasteiger partial charge in [0.1, 0.15) is 0 Å². The zero-order chi connectivity index (χ0) is 7.94. The van der Waals surface area contributed by atoms with Crippen molar-refractivity contribution in [1.29, 1.82) is 0 Å². The van der Waals surface area contributed by atoms with Gasteiger partial charge in [0.25, 0.3) is 0 Å². The van der Waals surface area contributed by atoms with E-state index in [1.807, 2.05) is 12.1 Å². The largest absolute Gasteiger partial charge is 0.265 e. The molecule has 0 atom stereocenters. The lowest BCUT2D eigenvalue weighted by Gasteiger charge is -1.89. The van der Waals surface area contributed by atoms with Gasteiger partial charge < -0.3 is 0 Å². The van der Waals surface area contributed by atoms with E-state index >= 15 is 0 Å². The molecule has 0 saturated carbocycles. The molecule has 1 aromatic heterocycles.